The van der Waals surface area contributed by atoms with Gasteiger partial charge in [0.25, 0.3) is 0 Å². The zero-order valence-corrected chi connectivity index (χ0v) is 12.2. The number of carboxylic acids is 1. The summed E-state index contributed by atoms with van der Waals surface area (Å²) < 4.78 is 0.684. The lowest BCUT2D eigenvalue weighted by Gasteiger charge is -2.07. The van der Waals surface area contributed by atoms with Gasteiger partial charge in [-0.25, -0.2) is 4.79 Å². The normalized spacial score (nSPS) is 11.1. The molecular formula is C12H12ClNO2S2. The van der Waals surface area contributed by atoms with Gasteiger partial charge < -0.3 is 10.8 Å². The summed E-state index contributed by atoms with van der Waals surface area (Å²) in [6, 6.07) is 3.71. The van der Waals surface area contributed by atoms with Crippen molar-refractivity contribution in [2.45, 2.75) is 19.8 Å². The van der Waals surface area contributed by atoms with Gasteiger partial charge >= 0.3 is 5.97 Å². The Bertz CT molecular complexity index is 601. The van der Waals surface area contributed by atoms with Crippen molar-refractivity contribution in [2.24, 2.45) is 0 Å². The van der Waals surface area contributed by atoms with Crippen molar-refractivity contribution in [1.29, 1.82) is 0 Å². The third kappa shape index (κ3) is 2.25. The predicted octanol–water partition coefficient (Wildman–Crippen LogP) is 4.53. The quantitative estimate of drug-likeness (QED) is 0.875. The molecule has 6 heteroatoms. The fourth-order valence-corrected chi connectivity index (χ4v) is 4.19. The van der Waals surface area contributed by atoms with Gasteiger partial charge in [0.2, 0.25) is 0 Å². The predicted molar refractivity (Wildman–Crippen MR) is 78.1 cm³/mol. The minimum Gasteiger partial charge on any atom is -0.477 e. The molecule has 96 valence electrons. The lowest BCUT2D eigenvalue weighted by molar-refractivity contribution is 0.0703. The van der Waals surface area contributed by atoms with Crippen molar-refractivity contribution in [2.75, 3.05) is 5.73 Å². The molecule has 0 saturated carbocycles. The van der Waals surface area contributed by atoms with Crippen molar-refractivity contribution in [3.8, 4) is 9.75 Å². The number of hydrogen-bond donors (Lipinski definition) is 2. The third-order valence-corrected chi connectivity index (χ3v) is 5.17. The van der Waals surface area contributed by atoms with Gasteiger partial charge in [0, 0.05) is 4.88 Å². The Labute approximate surface area is 118 Å². The summed E-state index contributed by atoms with van der Waals surface area (Å²) in [5, 5.41) is 9.15. The van der Waals surface area contributed by atoms with Gasteiger partial charge in [0.15, 0.2) is 0 Å². The molecule has 3 nitrogen and oxygen atoms in total. The highest BCUT2D eigenvalue weighted by molar-refractivity contribution is 7.25. The molecule has 0 unspecified atom stereocenters. The van der Waals surface area contributed by atoms with E-state index in [0.29, 0.717) is 10.0 Å². The molecule has 0 aliphatic heterocycles. The van der Waals surface area contributed by atoms with Crippen molar-refractivity contribution in [3.63, 3.8) is 0 Å². The molecule has 2 heterocycles. The van der Waals surface area contributed by atoms with Crippen LogP contribution in [0, 0.1) is 0 Å². The van der Waals surface area contributed by atoms with Crippen molar-refractivity contribution in [1.82, 2.24) is 0 Å². The monoisotopic (exact) mass is 301 g/mol. The maximum atomic E-state index is 11.2. The first-order valence-corrected chi connectivity index (χ1v) is 7.34. The molecule has 0 amide bonds. The third-order valence-electron chi connectivity index (χ3n) is 2.55. The number of anilines is 1. The SMILES string of the molecule is CC(C)c1c(-c2ccc(Cl)s2)sc(C(=O)O)c1N. The van der Waals surface area contributed by atoms with E-state index in [4.69, 9.17) is 22.4 Å². The molecule has 18 heavy (non-hydrogen) atoms. The van der Waals surface area contributed by atoms with E-state index in [0.717, 1.165) is 15.3 Å². The van der Waals surface area contributed by atoms with Gasteiger partial charge in [0.1, 0.15) is 4.88 Å². The second-order valence-corrected chi connectivity index (χ2v) is 6.89. The van der Waals surface area contributed by atoms with E-state index < -0.39 is 5.97 Å². The largest absolute Gasteiger partial charge is 0.477 e. The van der Waals surface area contributed by atoms with Crippen LogP contribution in [-0.4, -0.2) is 11.1 Å². The molecule has 0 bridgehead atoms. The maximum Gasteiger partial charge on any atom is 0.348 e. The van der Waals surface area contributed by atoms with Crippen LogP contribution in [0.15, 0.2) is 12.1 Å². The average molecular weight is 302 g/mol. The second kappa shape index (κ2) is 4.91. The fourth-order valence-electron chi connectivity index (χ4n) is 1.81. The zero-order chi connectivity index (χ0) is 13.4. The zero-order valence-electron chi connectivity index (χ0n) is 9.86. The smallest absolute Gasteiger partial charge is 0.348 e. The lowest BCUT2D eigenvalue weighted by Crippen LogP contribution is -2.00. The molecule has 0 radical (unpaired) electrons. The van der Waals surface area contributed by atoms with Crippen LogP contribution in [0.4, 0.5) is 5.69 Å². The van der Waals surface area contributed by atoms with Gasteiger partial charge in [-0.2, -0.15) is 0 Å². The molecule has 0 spiro atoms. The Morgan fingerprint density at radius 3 is 2.50 bits per heavy atom. The van der Waals surface area contributed by atoms with Crippen LogP contribution in [-0.2, 0) is 0 Å². The van der Waals surface area contributed by atoms with Gasteiger partial charge in [-0.05, 0) is 23.6 Å². The number of carbonyl (C=O) groups is 1. The fraction of sp³-hybridized carbons (Fsp3) is 0.250. The molecule has 2 aromatic rings. The summed E-state index contributed by atoms with van der Waals surface area (Å²) in [7, 11) is 0. The Kier molecular flexibility index (Phi) is 3.66. The first kappa shape index (κ1) is 13.4. The van der Waals surface area contributed by atoms with Gasteiger partial charge in [-0.3, -0.25) is 0 Å². The number of thiophene rings is 2. The first-order chi connectivity index (χ1) is 8.41. The average Bonchev–Trinajstić information content (AvgIpc) is 2.81. The molecule has 0 saturated heterocycles. The van der Waals surface area contributed by atoms with Crippen molar-refractivity contribution >= 4 is 45.9 Å². The van der Waals surface area contributed by atoms with Crippen molar-refractivity contribution < 1.29 is 9.90 Å². The summed E-state index contributed by atoms with van der Waals surface area (Å²) in [6.07, 6.45) is 0. The van der Waals surface area contributed by atoms with E-state index in [1.807, 2.05) is 26.0 Å². The molecule has 2 rings (SSSR count). The lowest BCUT2D eigenvalue weighted by atomic mass is 10.0. The van der Waals surface area contributed by atoms with E-state index >= 15 is 0 Å². The van der Waals surface area contributed by atoms with Crippen LogP contribution in [0.25, 0.3) is 9.75 Å². The standard InChI is InChI=1S/C12H12ClNO2S2/c1-5(2)8-9(14)11(12(15)16)18-10(8)6-3-4-7(13)17-6/h3-5H,14H2,1-2H3,(H,15,16). The van der Waals surface area contributed by atoms with Gasteiger partial charge in [-0.15, -0.1) is 22.7 Å². The molecule has 0 aromatic carbocycles. The number of carboxylic acid groups (broad SMARTS) is 1. The Hall–Kier alpha value is -1.04. The molecule has 2 aromatic heterocycles. The number of hydrogen-bond acceptors (Lipinski definition) is 4. The minimum absolute atomic E-state index is 0.172. The molecule has 0 atom stereocenters. The second-order valence-electron chi connectivity index (χ2n) is 4.15. The van der Waals surface area contributed by atoms with E-state index in [-0.39, 0.29) is 10.8 Å². The van der Waals surface area contributed by atoms with Crippen LogP contribution in [0.5, 0.6) is 0 Å². The number of nitrogens with two attached hydrogens (primary N) is 1. The summed E-state index contributed by atoms with van der Waals surface area (Å²) >= 11 is 8.58. The number of aromatic carboxylic acids is 1. The molecule has 0 fully saturated rings. The Morgan fingerprint density at radius 1 is 1.39 bits per heavy atom. The van der Waals surface area contributed by atoms with Gasteiger partial charge in [-0.1, -0.05) is 25.4 Å². The highest BCUT2D eigenvalue weighted by Gasteiger charge is 2.23. The van der Waals surface area contributed by atoms with E-state index in [9.17, 15) is 4.79 Å². The summed E-state index contributed by atoms with van der Waals surface area (Å²) in [4.78, 5) is 13.2. The van der Waals surface area contributed by atoms with Crippen LogP contribution < -0.4 is 5.73 Å². The highest BCUT2D eigenvalue weighted by Crippen LogP contribution is 2.45. The topological polar surface area (TPSA) is 63.3 Å². The molecule has 0 aliphatic carbocycles. The molecular weight excluding hydrogens is 290 g/mol. The van der Waals surface area contributed by atoms with E-state index in [1.165, 1.54) is 22.7 Å². The van der Waals surface area contributed by atoms with Crippen LogP contribution in [0.3, 0.4) is 0 Å². The summed E-state index contributed by atoms with van der Waals surface area (Å²) in [5.74, 6) is -0.807. The highest BCUT2D eigenvalue weighted by atomic mass is 35.5. The van der Waals surface area contributed by atoms with Crippen molar-refractivity contribution in [3.05, 3.63) is 26.9 Å². The number of nitrogen functional groups attached to an aromatic ring is 1. The number of halogens is 1. The summed E-state index contributed by atoms with van der Waals surface area (Å²) in [6.45, 7) is 4.01. The van der Waals surface area contributed by atoms with Crippen LogP contribution >= 0.6 is 34.3 Å². The van der Waals surface area contributed by atoms with Crippen LogP contribution in [0.1, 0.15) is 35.0 Å². The van der Waals surface area contributed by atoms with E-state index in [2.05, 4.69) is 0 Å². The maximum absolute atomic E-state index is 11.2. The molecule has 0 aliphatic rings. The Morgan fingerprint density at radius 2 is 2.06 bits per heavy atom. The van der Waals surface area contributed by atoms with Crippen LogP contribution in [0.2, 0.25) is 4.34 Å². The number of rotatable bonds is 3. The van der Waals surface area contributed by atoms with E-state index in [1.54, 1.807) is 0 Å². The minimum atomic E-state index is -0.978. The summed E-state index contributed by atoms with van der Waals surface area (Å²) in [5.41, 5.74) is 7.23. The van der Waals surface area contributed by atoms with Gasteiger partial charge in [0.05, 0.1) is 14.9 Å². The molecule has 3 N–H and O–H groups in total. The first-order valence-electron chi connectivity index (χ1n) is 5.33. The Balaban J connectivity index is 2.66.